The van der Waals surface area contributed by atoms with Gasteiger partial charge < -0.3 is 10.6 Å². The molecule has 2 N–H and O–H groups in total. The number of anilines is 2. The van der Waals surface area contributed by atoms with Gasteiger partial charge in [0, 0.05) is 11.4 Å². The summed E-state index contributed by atoms with van der Waals surface area (Å²) in [6.07, 6.45) is 0. The molecule has 0 aliphatic carbocycles. The first kappa shape index (κ1) is 20.6. The number of nitrogens with one attached hydrogen (secondary N) is 2. The van der Waals surface area contributed by atoms with Crippen molar-refractivity contribution in [2.75, 3.05) is 10.6 Å². The third-order valence-corrected chi connectivity index (χ3v) is 6.00. The minimum Gasteiger partial charge on any atom is -0.332 e. The Morgan fingerprint density at radius 3 is 2.36 bits per heavy atom. The van der Waals surface area contributed by atoms with Crippen LogP contribution in [0.3, 0.4) is 0 Å². The van der Waals surface area contributed by atoms with Gasteiger partial charge in [0.1, 0.15) is 0 Å². The van der Waals surface area contributed by atoms with Gasteiger partial charge in [-0.05, 0) is 83.3 Å². The van der Waals surface area contributed by atoms with Crippen LogP contribution in [0.2, 0.25) is 0 Å². The number of nitrogens with zero attached hydrogens (tertiary/aromatic N) is 2. The lowest BCUT2D eigenvalue weighted by atomic mass is 10.0. The van der Waals surface area contributed by atoms with E-state index in [1.54, 1.807) is 0 Å². The predicted molar refractivity (Wildman–Crippen MR) is 125 cm³/mol. The van der Waals surface area contributed by atoms with Crippen LogP contribution in [-0.2, 0) is 6.54 Å². The lowest BCUT2D eigenvalue weighted by Gasteiger charge is -2.13. The monoisotopic (exact) mass is 456 g/mol. The maximum Gasteiger partial charge on any atom is 0.175 e. The van der Waals surface area contributed by atoms with Crippen LogP contribution < -0.4 is 10.6 Å². The maximum absolute atomic E-state index is 5.47. The van der Waals surface area contributed by atoms with Crippen LogP contribution in [0, 0.1) is 13.8 Å². The Balaban J connectivity index is 1.65. The summed E-state index contributed by atoms with van der Waals surface area (Å²) in [5, 5.41) is 11.7. The van der Waals surface area contributed by atoms with Crippen LogP contribution in [0.5, 0.6) is 0 Å². The van der Waals surface area contributed by atoms with Crippen LogP contribution in [0.15, 0.2) is 53.0 Å². The molecule has 146 valence electrons. The van der Waals surface area contributed by atoms with E-state index in [-0.39, 0.29) is 0 Å². The van der Waals surface area contributed by atoms with E-state index in [0.29, 0.717) is 17.6 Å². The molecule has 0 spiro atoms. The molecule has 1 aromatic heterocycles. The minimum absolute atomic E-state index is 0.518. The topological polar surface area (TPSA) is 41.9 Å². The van der Waals surface area contributed by atoms with Crippen LogP contribution in [0.4, 0.5) is 11.4 Å². The van der Waals surface area contributed by atoms with E-state index in [1.165, 1.54) is 5.56 Å². The third kappa shape index (κ3) is 5.00. The highest BCUT2D eigenvalue weighted by molar-refractivity contribution is 9.10. The molecule has 1 heterocycles. The molecule has 3 rings (SSSR count). The minimum atomic E-state index is 0.518. The van der Waals surface area contributed by atoms with Gasteiger partial charge >= 0.3 is 0 Å². The summed E-state index contributed by atoms with van der Waals surface area (Å²) < 4.78 is 3.07. The normalized spacial score (nSPS) is 10.9. The van der Waals surface area contributed by atoms with E-state index < -0.39 is 0 Å². The van der Waals surface area contributed by atoms with Gasteiger partial charge in [0.05, 0.1) is 22.4 Å². The van der Waals surface area contributed by atoms with Crippen molar-refractivity contribution in [3.8, 4) is 0 Å². The van der Waals surface area contributed by atoms with Crippen molar-refractivity contribution in [3.05, 3.63) is 75.5 Å². The number of thiocarbonyl (C=S) groups is 1. The van der Waals surface area contributed by atoms with Gasteiger partial charge in [-0.25, -0.2) is 0 Å². The second-order valence-electron chi connectivity index (χ2n) is 7.20. The van der Waals surface area contributed by atoms with Crippen molar-refractivity contribution < 1.29 is 0 Å². The number of hydrogen-bond acceptors (Lipinski definition) is 2. The van der Waals surface area contributed by atoms with Crippen LogP contribution in [-0.4, -0.2) is 14.9 Å². The van der Waals surface area contributed by atoms with Crippen molar-refractivity contribution in [1.29, 1.82) is 0 Å². The maximum atomic E-state index is 5.47. The molecule has 0 aliphatic heterocycles. The summed E-state index contributed by atoms with van der Waals surface area (Å²) >= 11 is 9.05. The second kappa shape index (κ2) is 8.88. The van der Waals surface area contributed by atoms with Gasteiger partial charge in [-0.15, -0.1) is 0 Å². The van der Waals surface area contributed by atoms with Crippen LogP contribution in [0.1, 0.15) is 42.3 Å². The van der Waals surface area contributed by atoms with Crippen molar-refractivity contribution >= 4 is 44.6 Å². The average Bonchev–Trinajstić information content (AvgIpc) is 2.89. The molecule has 6 heteroatoms. The molecule has 0 bridgehead atoms. The summed E-state index contributed by atoms with van der Waals surface area (Å²) in [6.45, 7) is 9.16. The molecule has 4 nitrogen and oxygen atoms in total. The zero-order valence-electron chi connectivity index (χ0n) is 16.6. The molecule has 0 radical (unpaired) electrons. The zero-order valence-corrected chi connectivity index (χ0v) is 19.0. The number of benzene rings is 2. The van der Waals surface area contributed by atoms with Gasteiger partial charge in [0.15, 0.2) is 5.11 Å². The number of rotatable bonds is 5. The van der Waals surface area contributed by atoms with Crippen LogP contribution in [0.25, 0.3) is 0 Å². The molecule has 3 aromatic rings. The van der Waals surface area contributed by atoms with Gasteiger partial charge in [-0.2, -0.15) is 5.10 Å². The smallest absolute Gasteiger partial charge is 0.175 e. The number of halogens is 1. The van der Waals surface area contributed by atoms with Gasteiger partial charge in [-0.3, -0.25) is 4.68 Å². The van der Waals surface area contributed by atoms with Gasteiger partial charge in [-0.1, -0.05) is 38.1 Å². The summed E-state index contributed by atoms with van der Waals surface area (Å²) in [5.74, 6) is 0.518. The van der Waals surface area contributed by atoms with E-state index in [1.807, 2.05) is 23.7 Å². The average molecular weight is 457 g/mol. The molecule has 2 aromatic carbocycles. The Morgan fingerprint density at radius 2 is 1.75 bits per heavy atom. The summed E-state index contributed by atoms with van der Waals surface area (Å²) in [6, 6.07) is 16.6. The molecule has 0 aliphatic rings. The Morgan fingerprint density at radius 1 is 1.07 bits per heavy atom. The predicted octanol–water partition coefficient (Wildman–Crippen LogP) is 6.24. The van der Waals surface area contributed by atoms with E-state index in [2.05, 4.69) is 88.8 Å². The second-order valence-corrected chi connectivity index (χ2v) is 8.40. The molecule has 0 saturated carbocycles. The fourth-order valence-corrected chi connectivity index (χ4v) is 3.51. The van der Waals surface area contributed by atoms with E-state index in [9.17, 15) is 0 Å². The first-order valence-electron chi connectivity index (χ1n) is 9.30. The number of hydrogen-bond donors (Lipinski definition) is 2. The fraction of sp³-hybridized carbons (Fsp3) is 0.273. The summed E-state index contributed by atoms with van der Waals surface area (Å²) in [5.41, 5.74) is 6.53. The van der Waals surface area contributed by atoms with Crippen LogP contribution >= 0.6 is 28.1 Å². The van der Waals surface area contributed by atoms with Crippen molar-refractivity contribution in [1.82, 2.24) is 9.78 Å². The summed E-state index contributed by atoms with van der Waals surface area (Å²) in [7, 11) is 0. The standard InChI is InChI=1S/C22H25BrN4S/c1-14(2)18-8-10-19(11-9-18)24-22(28)25-20-7-5-6-17(12-20)13-27-16(4)21(23)15(3)26-27/h5-12,14H,13H2,1-4H3,(H2,24,25,28). The lowest BCUT2D eigenvalue weighted by Crippen LogP contribution is -2.19. The zero-order chi connectivity index (χ0) is 20.3. The lowest BCUT2D eigenvalue weighted by molar-refractivity contribution is 0.659. The number of aromatic nitrogens is 2. The van der Waals surface area contributed by atoms with Crippen molar-refractivity contribution in [2.45, 2.75) is 40.2 Å². The van der Waals surface area contributed by atoms with Gasteiger partial charge in [0.25, 0.3) is 0 Å². The fourth-order valence-electron chi connectivity index (χ4n) is 2.99. The first-order chi connectivity index (χ1) is 13.3. The first-order valence-corrected chi connectivity index (χ1v) is 10.5. The van der Waals surface area contributed by atoms with Crippen molar-refractivity contribution in [3.63, 3.8) is 0 Å². The van der Waals surface area contributed by atoms with Gasteiger partial charge in [0.2, 0.25) is 0 Å². The summed E-state index contributed by atoms with van der Waals surface area (Å²) in [4.78, 5) is 0. The Labute approximate surface area is 180 Å². The highest BCUT2D eigenvalue weighted by Gasteiger charge is 2.09. The highest BCUT2D eigenvalue weighted by atomic mass is 79.9. The molecule has 0 saturated heterocycles. The molecular formula is C22H25BrN4S. The van der Waals surface area contributed by atoms with Crippen molar-refractivity contribution in [2.24, 2.45) is 0 Å². The third-order valence-electron chi connectivity index (χ3n) is 4.65. The quantitative estimate of drug-likeness (QED) is 0.445. The SMILES string of the molecule is Cc1nn(Cc2cccc(NC(=S)Nc3ccc(C(C)C)cc3)c2)c(C)c1Br. The van der Waals surface area contributed by atoms with E-state index in [4.69, 9.17) is 12.2 Å². The highest BCUT2D eigenvalue weighted by Crippen LogP contribution is 2.22. The van der Waals surface area contributed by atoms with E-state index >= 15 is 0 Å². The number of aryl methyl sites for hydroxylation is 1. The molecule has 0 fully saturated rings. The molecule has 28 heavy (non-hydrogen) atoms. The Kier molecular flexibility index (Phi) is 6.52. The largest absolute Gasteiger partial charge is 0.332 e. The molecule has 0 atom stereocenters. The Bertz CT molecular complexity index is 977. The van der Waals surface area contributed by atoms with E-state index in [0.717, 1.165) is 32.8 Å². The molecule has 0 unspecified atom stereocenters. The Hall–Kier alpha value is -2.18. The molecule has 0 amide bonds. The molecular weight excluding hydrogens is 432 g/mol.